The number of esters is 2. The Bertz CT molecular complexity index is 956. The van der Waals surface area contributed by atoms with E-state index in [2.05, 4.69) is 4.74 Å². The Morgan fingerprint density at radius 1 is 1.36 bits per heavy atom. The quantitative estimate of drug-likeness (QED) is 0.454. The Morgan fingerprint density at radius 3 is 2.57 bits per heavy atom. The van der Waals surface area contributed by atoms with Gasteiger partial charge in [-0.3, -0.25) is 10.1 Å². The second-order valence-corrected chi connectivity index (χ2v) is 5.68. The number of nitro groups is 1. The summed E-state index contributed by atoms with van der Waals surface area (Å²) in [7, 11) is 1.13. The lowest BCUT2D eigenvalue weighted by Crippen LogP contribution is -2.25. The topological polar surface area (TPSA) is 155 Å². The lowest BCUT2D eigenvalue weighted by atomic mass is 9.82. The molecule has 10 heteroatoms. The van der Waals surface area contributed by atoms with Crippen LogP contribution in [0.1, 0.15) is 35.7 Å². The summed E-state index contributed by atoms with van der Waals surface area (Å²) in [6.07, 6.45) is 0. The van der Waals surface area contributed by atoms with E-state index >= 15 is 0 Å². The largest absolute Gasteiger partial charge is 0.465 e. The van der Waals surface area contributed by atoms with Gasteiger partial charge in [0.1, 0.15) is 17.4 Å². The minimum absolute atomic E-state index is 0.0380. The van der Waals surface area contributed by atoms with Crippen molar-refractivity contribution in [1.82, 2.24) is 0 Å². The minimum atomic E-state index is -1.11. The number of rotatable bonds is 5. The fraction of sp³-hybridized carbons (Fsp3) is 0.278. The summed E-state index contributed by atoms with van der Waals surface area (Å²) in [5.41, 5.74) is 5.21. The van der Waals surface area contributed by atoms with E-state index in [1.54, 1.807) is 6.92 Å². The highest BCUT2D eigenvalue weighted by molar-refractivity contribution is 5.94. The van der Waals surface area contributed by atoms with Crippen molar-refractivity contribution in [1.29, 1.82) is 5.26 Å². The van der Waals surface area contributed by atoms with Crippen molar-refractivity contribution in [2.75, 3.05) is 13.7 Å². The van der Waals surface area contributed by atoms with Crippen molar-refractivity contribution in [2.24, 2.45) is 5.73 Å². The van der Waals surface area contributed by atoms with Crippen LogP contribution < -0.4 is 5.73 Å². The second kappa shape index (κ2) is 8.22. The summed E-state index contributed by atoms with van der Waals surface area (Å²) in [5, 5.41) is 20.9. The predicted molar refractivity (Wildman–Crippen MR) is 94.4 cm³/mol. The molecule has 146 valence electrons. The molecule has 0 radical (unpaired) electrons. The fourth-order valence-corrected chi connectivity index (χ4v) is 2.83. The Labute approximate surface area is 159 Å². The van der Waals surface area contributed by atoms with Gasteiger partial charge in [-0.25, -0.2) is 9.59 Å². The smallest absolute Gasteiger partial charge is 0.338 e. The van der Waals surface area contributed by atoms with E-state index in [1.165, 1.54) is 13.0 Å². The first kappa shape index (κ1) is 20.4. The van der Waals surface area contributed by atoms with Crippen LogP contribution in [0.5, 0.6) is 0 Å². The number of hydrogen-bond donors (Lipinski definition) is 1. The molecule has 2 N–H and O–H groups in total. The molecule has 0 saturated carbocycles. The van der Waals surface area contributed by atoms with Gasteiger partial charge in [-0.05, 0) is 25.5 Å². The molecular formula is C18H17N3O7. The lowest BCUT2D eigenvalue weighted by molar-refractivity contribution is -0.385. The van der Waals surface area contributed by atoms with Crippen molar-refractivity contribution in [3.63, 3.8) is 0 Å². The van der Waals surface area contributed by atoms with Crippen LogP contribution in [0.15, 0.2) is 41.0 Å². The van der Waals surface area contributed by atoms with Crippen LogP contribution in [0.25, 0.3) is 0 Å². The number of nitriles is 1. The molecule has 1 aliphatic heterocycles. The van der Waals surface area contributed by atoms with Crippen molar-refractivity contribution in [3.05, 3.63) is 62.2 Å². The lowest BCUT2D eigenvalue weighted by Gasteiger charge is -2.26. The third kappa shape index (κ3) is 3.78. The van der Waals surface area contributed by atoms with Gasteiger partial charge in [0, 0.05) is 12.1 Å². The number of nitro benzene ring substituents is 1. The van der Waals surface area contributed by atoms with Crippen LogP contribution in [0.2, 0.25) is 0 Å². The first-order valence-electron chi connectivity index (χ1n) is 8.08. The van der Waals surface area contributed by atoms with Crippen molar-refractivity contribution >= 4 is 17.6 Å². The summed E-state index contributed by atoms with van der Waals surface area (Å²) < 4.78 is 14.9. The average Bonchev–Trinajstić information content (AvgIpc) is 2.66. The number of carbonyl (C=O) groups is 2. The number of methoxy groups -OCH3 is 1. The number of allylic oxidation sites excluding steroid dienone is 2. The summed E-state index contributed by atoms with van der Waals surface area (Å²) in [6.45, 7) is 3.12. The number of ether oxygens (including phenoxy) is 3. The molecule has 0 fully saturated rings. The number of hydrogen-bond acceptors (Lipinski definition) is 9. The Morgan fingerprint density at radius 2 is 2.04 bits per heavy atom. The zero-order valence-corrected chi connectivity index (χ0v) is 15.3. The monoisotopic (exact) mass is 387 g/mol. The van der Waals surface area contributed by atoms with E-state index in [-0.39, 0.29) is 40.5 Å². The van der Waals surface area contributed by atoms with Gasteiger partial charge in [-0.2, -0.15) is 5.26 Å². The van der Waals surface area contributed by atoms with Crippen molar-refractivity contribution in [3.8, 4) is 6.07 Å². The molecule has 0 amide bonds. The second-order valence-electron chi connectivity index (χ2n) is 5.68. The van der Waals surface area contributed by atoms with Gasteiger partial charge in [-0.1, -0.05) is 0 Å². The SMILES string of the molecule is CCOC(=O)C1=C(C)OC(N)=C(C#N)C1c1cc(C(=O)OC)cc([N+](=O)[O-])c1. The first-order chi connectivity index (χ1) is 13.2. The minimum Gasteiger partial charge on any atom is -0.465 e. The maximum atomic E-state index is 12.5. The standard InChI is InChI=1S/C18H17N3O7/c1-4-27-18(23)14-9(2)28-16(20)13(8-19)15(14)10-5-11(17(22)26-3)7-12(6-10)21(24)25/h5-7,15H,4,20H2,1-3H3. The molecule has 10 nitrogen and oxygen atoms in total. The van der Waals surface area contributed by atoms with Crippen molar-refractivity contribution in [2.45, 2.75) is 19.8 Å². The van der Waals surface area contributed by atoms with Gasteiger partial charge in [0.15, 0.2) is 0 Å². The molecule has 1 atom stereocenters. The number of nitrogens with zero attached hydrogens (tertiary/aromatic N) is 2. The van der Waals surface area contributed by atoms with E-state index in [0.717, 1.165) is 19.2 Å². The van der Waals surface area contributed by atoms with Gasteiger partial charge in [0.05, 0.1) is 35.7 Å². The zero-order chi connectivity index (χ0) is 21.0. The number of carbonyl (C=O) groups excluding carboxylic acids is 2. The molecule has 1 unspecified atom stereocenters. The van der Waals surface area contributed by atoms with E-state index < -0.39 is 28.5 Å². The third-order valence-corrected chi connectivity index (χ3v) is 4.01. The molecule has 1 aliphatic rings. The molecule has 28 heavy (non-hydrogen) atoms. The van der Waals surface area contributed by atoms with Gasteiger partial charge in [0.25, 0.3) is 5.69 Å². The number of nitrogens with two attached hydrogens (primary N) is 1. The fourth-order valence-electron chi connectivity index (χ4n) is 2.83. The Hall–Kier alpha value is -3.87. The summed E-state index contributed by atoms with van der Waals surface area (Å²) >= 11 is 0. The molecule has 2 rings (SSSR count). The highest BCUT2D eigenvalue weighted by Crippen LogP contribution is 2.40. The summed E-state index contributed by atoms with van der Waals surface area (Å²) in [6, 6.07) is 5.35. The Kier molecular flexibility index (Phi) is 6.00. The zero-order valence-electron chi connectivity index (χ0n) is 15.3. The van der Waals surface area contributed by atoms with E-state index in [0.29, 0.717) is 0 Å². The van der Waals surface area contributed by atoms with Crippen molar-refractivity contribution < 1.29 is 28.7 Å². The summed E-state index contributed by atoms with van der Waals surface area (Å²) in [5.74, 6) is -2.85. The van der Waals surface area contributed by atoms with Crippen LogP contribution >= 0.6 is 0 Å². The predicted octanol–water partition coefficient (Wildman–Crippen LogP) is 2.03. The van der Waals surface area contributed by atoms with Crippen LogP contribution in [0.3, 0.4) is 0 Å². The van der Waals surface area contributed by atoms with Gasteiger partial charge < -0.3 is 19.9 Å². The molecule has 0 spiro atoms. The first-order valence-corrected chi connectivity index (χ1v) is 8.08. The molecule has 0 aliphatic carbocycles. The van der Waals surface area contributed by atoms with E-state index in [4.69, 9.17) is 15.2 Å². The van der Waals surface area contributed by atoms with E-state index in [1.807, 2.05) is 6.07 Å². The molecule has 1 aromatic rings. The number of non-ortho nitro benzene ring substituents is 1. The molecular weight excluding hydrogens is 370 g/mol. The normalized spacial score (nSPS) is 16.1. The van der Waals surface area contributed by atoms with Gasteiger partial charge in [-0.15, -0.1) is 0 Å². The molecule has 0 bridgehead atoms. The third-order valence-electron chi connectivity index (χ3n) is 4.01. The molecule has 1 aromatic carbocycles. The van der Waals surface area contributed by atoms with Crippen LogP contribution in [-0.2, 0) is 19.0 Å². The highest BCUT2D eigenvalue weighted by atomic mass is 16.6. The highest BCUT2D eigenvalue weighted by Gasteiger charge is 2.37. The molecule has 0 aromatic heterocycles. The Balaban J connectivity index is 2.78. The van der Waals surface area contributed by atoms with E-state index in [9.17, 15) is 25.0 Å². The maximum absolute atomic E-state index is 12.5. The van der Waals surface area contributed by atoms with Crippen LogP contribution in [0.4, 0.5) is 5.69 Å². The van der Waals surface area contributed by atoms with Gasteiger partial charge in [0.2, 0.25) is 5.88 Å². The van der Waals surface area contributed by atoms with Crippen LogP contribution in [0, 0.1) is 21.4 Å². The molecule has 0 saturated heterocycles. The average molecular weight is 387 g/mol. The van der Waals surface area contributed by atoms with Crippen LogP contribution in [-0.4, -0.2) is 30.6 Å². The number of benzene rings is 1. The van der Waals surface area contributed by atoms with Gasteiger partial charge >= 0.3 is 11.9 Å². The molecule has 1 heterocycles. The summed E-state index contributed by atoms with van der Waals surface area (Å²) in [4.78, 5) is 35.1. The maximum Gasteiger partial charge on any atom is 0.338 e.